The van der Waals surface area contributed by atoms with Crippen molar-refractivity contribution in [2.24, 2.45) is 0 Å². The predicted molar refractivity (Wildman–Crippen MR) is 122 cm³/mol. The van der Waals surface area contributed by atoms with Crippen LogP contribution in [0, 0.1) is 0 Å². The van der Waals surface area contributed by atoms with Gasteiger partial charge in [-0.3, -0.25) is 9.59 Å². The van der Waals surface area contributed by atoms with E-state index in [2.05, 4.69) is 5.32 Å². The summed E-state index contributed by atoms with van der Waals surface area (Å²) < 4.78 is 2.05. The van der Waals surface area contributed by atoms with Crippen molar-refractivity contribution < 1.29 is 9.59 Å². The molecule has 6 nitrogen and oxygen atoms in total. The molecule has 1 N–H and O–H groups in total. The van der Waals surface area contributed by atoms with Crippen molar-refractivity contribution in [3.63, 3.8) is 0 Å². The molecule has 162 valence electrons. The van der Waals surface area contributed by atoms with Gasteiger partial charge in [0.15, 0.2) is 0 Å². The van der Waals surface area contributed by atoms with Gasteiger partial charge in [0.2, 0.25) is 5.91 Å². The van der Waals surface area contributed by atoms with Crippen LogP contribution in [-0.4, -0.2) is 39.4 Å². The molecule has 1 saturated heterocycles. The molecule has 1 aromatic heterocycles. The van der Waals surface area contributed by atoms with Gasteiger partial charge in [0.25, 0.3) is 5.91 Å². The molecule has 0 atom stereocenters. The predicted octanol–water partition coefficient (Wildman–Crippen LogP) is 4.41. The van der Waals surface area contributed by atoms with Crippen LogP contribution in [0.15, 0.2) is 48.5 Å². The minimum Gasteiger partial charge on any atom is -0.345 e. The van der Waals surface area contributed by atoms with E-state index in [1.54, 1.807) is 24.3 Å². The van der Waals surface area contributed by atoms with E-state index in [1.807, 2.05) is 33.7 Å². The standard InChI is InChI=1S/C24H27ClN4O2/c25-19-11-9-18(10-12-19)24(31)26-17-22-27-20-7-3-4-8-21(20)29(22)16-13-23(30)28-14-5-1-2-6-15-28/h3-4,7-12H,1-2,5-6,13-17H2,(H,26,31). The number of imidazole rings is 1. The normalized spacial score (nSPS) is 14.4. The van der Waals surface area contributed by atoms with Crippen molar-refractivity contribution >= 4 is 34.4 Å². The van der Waals surface area contributed by atoms with Gasteiger partial charge < -0.3 is 14.8 Å². The molecular formula is C24H27ClN4O2. The Morgan fingerprint density at radius 2 is 1.68 bits per heavy atom. The van der Waals surface area contributed by atoms with Crippen molar-refractivity contribution in [3.8, 4) is 0 Å². The summed E-state index contributed by atoms with van der Waals surface area (Å²) >= 11 is 5.90. The maximum absolute atomic E-state index is 12.8. The Bertz CT molecular complexity index is 1050. The molecule has 0 radical (unpaired) electrons. The van der Waals surface area contributed by atoms with Crippen LogP contribution >= 0.6 is 11.6 Å². The molecule has 0 saturated carbocycles. The first-order chi connectivity index (χ1) is 15.1. The number of para-hydroxylation sites is 2. The Kier molecular flexibility index (Phi) is 6.87. The summed E-state index contributed by atoms with van der Waals surface area (Å²) in [6.45, 7) is 2.54. The fourth-order valence-corrected chi connectivity index (χ4v) is 4.18. The Hall–Kier alpha value is -2.86. The van der Waals surface area contributed by atoms with E-state index >= 15 is 0 Å². The summed E-state index contributed by atoms with van der Waals surface area (Å²) in [5.74, 6) is 0.749. The first-order valence-electron chi connectivity index (χ1n) is 10.9. The van der Waals surface area contributed by atoms with Crippen LogP contribution in [0.2, 0.25) is 5.02 Å². The number of benzene rings is 2. The number of carbonyl (C=O) groups excluding carboxylic acids is 2. The summed E-state index contributed by atoms with van der Waals surface area (Å²) in [5.41, 5.74) is 2.38. The third-order valence-corrected chi connectivity index (χ3v) is 6.01. The van der Waals surface area contributed by atoms with Gasteiger partial charge in [0.1, 0.15) is 5.82 Å². The molecule has 2 aromatic carbocycles. The van der Waals surface area contributed by atoms with Gasteiger partial charge in [-0.05, 0) is 49.2 Å². The van der Waals surface area contributed by atoms with Gasteiger partial charge in [-0.15, -0.1) is 0 Å². The second-order valence-corrected chi connectivity index (χ2v) is 8.34. The number of nitrogens with zero attached hydrogens (tertiary/aromatic N) is 3. The molecular weight excluding hydrogens is 412 g/mol. The molecule has 0 aliphatic carbocycles. The first-order valence-corrected chi connectivity index (χ1v) is 11.3. The van der Waals surface area contributed by atoms with Crippen molar-refractivity contribution in [1.82, 2.24) is 19.8 Å². The second-order valence-electron chi connectivity index (χ2n) is 7.90. The summed E-state index contributed by atoms with van der Waals surface area (Å²) in [6.07, 6.45) is 5.00. The highest BCUT2D eigenvalue weighted by Crippen LogP contribution is 2.18. The van der Waals surface area contributed by atoms with Gasteiger partial charge in [0, 0.05) is 36.6 Å². The Labute approximate surface area is 187 Å². The number of nitrogens with one attached hydrogen (secondary N) is 1. The number of fused-ring (bicyclic) bond motifs is 1. The SMILES string of the molecule is O=C(NCc1nc2ccccc2n1CCC(=O)N1CCCCCC1)c1ccc(Cl)cc1. The molecule has 31 heavy (non-hydrogen) atoms. The van der Waals surface area contributed by atoms with Crippen LogP contribution < -0.4 is 5.32 Å². The summed E-state index contributed by atoms with van der Waals surface area (Å²) in [6, 6.07) is 14.6. The van der Waals surface area contributed by atoms with Crippen LogP contribution in [0.1, 0.15) is 48.3 Å². The number of hydrogen-bond acceptors (Lipinski definition) is 3. The Morgan fingerprint density at radius 1 is 0.968 bits per heavy atom. The van der Waals surface area contributed by atoms with Crippen LogP contribution in [0.3, 0.4) is 0 Å². The fourth-order valence-electron chi connectivity index (χ4n) is 4.06. The molecule has 3 aromatic rings. The monoisotopic (exact) mass is 438 g/mol. The van der Waals surface area contributed by atoms with Crippen molar-refractivity contribution in [3.05, 3.63) is 64.9 Å². The lowest BCUT2D eigenvalue weighted by Crippen LogP contribution is -2.32. The van der Waals surface area contributed by atoms with E-state index in [9.17, 15) is 9.59 Å². The highest BCUT2D eigenvalue weighted by Gasteiger charge is 2.18. The Morgan fingerprint density at radius 3 is 2.42 bits per heavy atom. The highest BCUT2D eigenvalue weighted by atomic mass is 35.5. The fraction of sp³-hybridized carbons (Fsp3) is 0.375. The van der Waals surface area contributed by atoms with E-state index in [0.29, 0.717) is 23.6 Å². The smallest absolute Gasteiger partial charge is 0.251 e. The van der Waals surface area contributed by atoms with Crippen LogP contribution in [0.4, 0.5) is 0 Å². The lowest BCUT2D eigenvalue weighted by molar-refractivity contribution is -0.131. The average molecular weight is 439 g/mol. The van der Waals surface area contributed by atoms with E-state index in [1.165, 1.54) is 12.8 Å². The second kappa shape index (κ2) is 9.96. The quantitative estimate of drug-likeness (QED) is 0.619. The van der Waals surface area contributed by atoms with Crippen LogP contribution in [0.5, 0.6) is 0 Å². The highest BCUT2D eigenvalue weighted by molar-refractivity contribution is 6.30. The van der Waals surface area contributed by atoms with E-state index in [4.69, 9.17) is 16.6 Å². The molecule has 0 bridgehead atoms. The zero-order valence-electron chi connectivity index (χ0n) is 17.5. The van der Waals surface area contributed by atoms with E-state index in [0.717, 1.165) is 42.8 Å². The minimum atomic E-state index is -0.184. The molecule has 1 aliphatic rings. The first kappa shape index (κ1) is 21.4. The van der Waals surface area contributed by atoms with E-state index < -0.39 is 0 Å². The minimum absolute atomic E-state index is 0.184. The molecule has 0 unspecified atom stereocenters. The number of aryl methyl sites for hydroxylation is 1. The van der Waals surface area contributed by atoms with Crippen LogP contribution in [-0.2, 0) is 17.9 Å². The number of rotatable bonds is 6. The van der Waals surface area contributed by atoms with Crippen molar-refractivity contribution in [2.75, 3.05) is 13.1 Å². The molecule has 7 heteroatoms. The third kappa shape index (κ3) is 5.25. The van der Waals surface area contributed by atoms with Gasteiger partial charge in [0.05, 0.1) is 17.6 Å². The molecule has 1 fully saturated rings. The number of amides is 2. The van der Waals surface area contributed by atoms with Crippen molar-refractivity contribution in [2.45, 2.75) is 45.2 Å². The number of aromatic nitrogens is 2. The molecule has 4 rings (SSSR count). The molecule has 1 aliphatic heterocycles. The number of hydrogen-bond donors (Lipinski definition) is 1. The average Bonchev–Trinajstić information content (AvgIpc) is 2.94. The largest absolute Gasteiger partial charge is 0.345 e. The third-order valence-electron chi connectivity index (χ3n) is 5.76. The molecule has 2 heterocycles. The molecule has 0 spiro atoms. The van der Waals surface area contributed by atoms with Gasteiger partial charge in [-0.2, -0.15) is 0 Å². The topological polar surface area (TPSA) is 67.2 Å². The van der Waals surface area contributed by atoms with Gasteiger partial charge >= 0.3 is 0 Å². The Balaban J connectivity index is 1.47. The summed E-state index contributed by atoms with van der Waals surface area (Å²) in [5, 5.41) is 3.52. The number of likely N-dealkylation sites (tertiary alicyclic amines) is 1. The van der Waals surface area contributed by atoms with Crippen molar-refractivity contribution in [1.29, 1.82) is 0 Å². The van der Waals surface area contributed by atoms with Crippen LogP contribution in [0.25, 0.3) is 11.0 Å². The van der Waals surface area contributed by atoms with E-state index in [-0.39, 0.29) is 18.4 Å². The number of carbonyl (C=O) groups is 2. The van der Waals surface area contributed by atoms with Gasteiger partial charge in [-0.1, -0.05) is 36.6 Å². The maximum Gasteiger partial charge on any atom is 0.251 e. The zero-order chi connectivity index (χ0) is 21.6. The number of halogens is 1. The molecule has 2 amide bonds. The summed E-state index contributed by atoms with van der Waals surface area (Å²) in [4.78, 5) is 32.0. The zero-order valence-corrected chi connectivity index (χ0v) is 18.3. The lowest BCUT2D eigenvalue weighted by Gasteiger charge is -2.20. The van der Waals surface area contributed by atoms with Gasteiger partial charge in [-0.25, -0.2) is 4.98 Å². The maximum atomic E-state index is 12.8. The summed E-state index contributed by atoms with van der Waals surface area (Å²) in [7, 11) is 0. The lowest BCUT2D eigenvalue weighted by atomic mass is 10.2.